The molecule has 2 atom stereocenters. The third-order valence-electron chi connectivity index (χ3n) is 5.01. The molecule has 0 aliphatic carbocycles. The fourth-order valence-electron chi connectivity index (χ4n) is 3.51. The van der Waals surface area contributed by atoms with Crippen molar-refractivity contribution >= 4 is 28.8 Å². The second kappa shape index (κ2) is 9.12. The van der Waals surface area contributed by atoms with Crippen LogP contribution in [0.4, 0.5) is 0 Å². The summed E-state index contributed by atoms with van der Waals surface area (Å²) in [6, 6.07) is 4.78. The highest BCUT2D eigenvalue weighted by atomic mass is 32.2. The molecule has 8 heteroatoms. The molecule has 162 valence electrons. The smallest absolute Gasteiger partial charge is 0.338 e. The molecule has 2 aliphatic heterocycles. The Kier molecular flexibility index (Phi) is 6.75. The van der Waals surface area contributed by atoms with Crippen molar-refractivity contribution in [2.75, 3.05) is 20.8 Å². The Labute approximate surface area is 181 Å². The molecule has 0 aromatic heterocycles. The lowest BCUT2D eigenvalue weighted by molar-refractivity contribution is -0.141. The van der Waals surface area contributed by atoms with Gasteiger partial charge in [-0.1, -0.05) is 38.6 Å². The quantitative estimate of drug-likeness (QED) is 0.608. The van der Waals surface area contributed by atoms with E-state index in [4.69, 9.17) is 14.2 Å². The summed E-state index contributed by atoms with van der Waals surface area (Å²) in [6.07, 6.45) is 0.684. The number of hydrogen-bond donors (Lipinski definition) is 0. The van der Waals surface area contributed by atoms with Crippen LogP contribution in [0.2, 0.25) is 0 Å². The van der Waals surface area contributed by atoms with Gasteiger partial charge in [-0.2, -0.15) is 0 Å². The zero-order valence-corrected chi connectivity index (χ0v) is 19.0. The number of amidine groups is 1. The summed E-state index contributed by atoms with van der Waals surface area (Å²) in [6.45, 7) is 8.01. The van der Waals surface area contributed by atoms with Crippen LogP contribution in [0, 0.1) is 5.92 Å². The van der Waals surface area contributed by atoms with E-state index in [0.717, 1.165) is 5.56 Å². The zero-order chi connectivity index (χ0) is 22.0. The first-order valence-corrected chi connectivity index (χ1v) is 10.9. The number of aliphatic imine (C=N–C) groups is 1. The van der Waals surface area contributed by atoms with E-state index in [1.165, 1.54) is 11.8 Å². The van der Waals surface area contributed by atoms with Gasteiger partial charge < -0.3 is 14.2 Å². The molecule has 1 aromatic rings. The highest BCUT2D eigenvalue weighted by Crippen LogP contribution is 2.45. The molecule has 0 N–H and O–H groups in total. The number of methoxy groups -OCH3 is 2. The van der Waals surface area contributed by atoms with Crippen molar-refractivity contribution in [2.24, 2.45) is 10.9 Å². The Hall–Kier alpha value is -2.48. The maximum absolute atomic E-state index is 13.2. The van der Waals surface area contributed by atoms with Gasteiger partial charge in [0.1, 0.15) is 0 Å². The molecule has 1 amide bonds. The SMILES string of the molecule is CC[C@H]1SC2=NC(C)=C(C(=O)OCC(C)C)[C@H](c3ccc(OC)c(OC)c3)N2C1=O. The van der Waals surface area contributed by atoms with Crippen molar-refractivity contribution in [3.63, 3.8) is 0 Å². The minimum atomic E-state index is -0.631. The number of carbonyl (C=O) groups is 2. The van der Waals surface area contributed by atoms with Crippen molar-refractivity contribution in [3.8, 4) is 11.5 Å². The zero-order valence-electron chi connectivity index (χ0n) is 18.2. The van der Waals surface area contributed by atoms with Crippen molar-refractivity contribution < 1.29 is 23.8 Å². The molecule has 3 rings (SSSR count). The molecular formula is C22H28N2O5S. The van der Waals surface area contributed by atoms with E-state index in [1.54, 1.807) is 38.2 Å². The maximum Gasteiger partial charge on any atom is 0.338 e. The molecular weight excluding hydrogens is 404 g/mol. The Bertz CT molecular complexity index is 909. The third-order valence-corrected chi connectivity index (χ3v) is 6.33. The van der Waals surface area contributed by atoms with Crippen LogP contribution in [0.3, 0.4) is 0 Å². The Morgan fingerprint density at radius 1 is 1.23 bits per heavy atom. The van der Waals surface area contributed by atoms with Crippen molar-refractivity contribution in [2.45, 2.75) is 45.4 Å². The Morgan fingerprint density at radius 2 is 1.93 bits per heavy atom. The topological polar surface area (TPSA) is 77.4 Å². The summed E-state index contributed by atoms with van der Waals surface area (Å²) in [5.74, 6) is 0.789. The van der Waals surface area contributed by atoms with Crippen molar-refractivity contribution in [1.82, 2.24) is 4.90 Å². The van der Waals surface area contributed by atoms with Crippen LogP contribution in [0.25, 0.3) is 0 Å². The number of ether oxygens (including phenoxy) is 3. The fourth-order valence-corrected chi connectivity index (χ4v) is 4.64. The lowest BCUT2D eigenvalue weighted by Crippen LogP contribution is -2.41. The molecule has 1 aromatic carbocycles. The normalized spacial score (nSPS) is 21.0. The second-order valence-electron chi connectivity index (χ2n) is 7.63. The van der Waals surface area contributed by atoms with Crippen LogP contribution in [0.1, 0.15) is 45.7 Å². The second-order valence-corrected chi connectivity index (χ2v) is 8.80. The summed E-state index contributed by atoms with van der Waals surface area (Å²) >= 11 is 1.44. The molecule has 0 spiro atoms. The first kappa shape index (κ1) is 22.2. The number of esters is 1. The maximum atomic E-state index is 13.2. The van der Waals surface area contributed by atoms with E-state index in [1.807, 2.05) is 26.8 Å². The number of rotatable bonds is 7. The Balaban J connectivity index is 2.11. The first-order valence-electron chi connectivity index (χ1n) is 10.0. The van der Waals surface area contributed by atoms with Crippen LogP contribution >= 0.6 is 11.8 Å². The summed E-state index contributed by atoms with van der Waals surface area (Å²) in [4.78, 5) is 32.4. The van der Waals surface area contributed by atoms with Crippen LogP contribution < -0.4 is 9.47 Å². The summed E-state index contributed by atoms with van der Waals surface area (Å²) in [5.41, 5.74) is 1.67. The average Bonchev–Trinajstić information content (AvgIpc) is 3.05. The summed E-state index contributed by atoms with van der Waals surface area (Å²) in [5, 5.41) is 0.398. The predicted octanol–water partition coefficient (Wildman–Crippen LogP) is 3.94. The van der Waals surface area contributed by atoms with Gasteiger partial charge >= 0.3 is 5.97 Å². The molecule has 7 nitrogen and oxygen atoms in total. The van der Waals surface area contributed by atoms with E-state index >= 15 is 0 Å². The highest BCUT2D eigenvalue weighted by Gasteiger charge is 2.47. The molecule has 0 saturated carbocycles. The highest BCUT2D eigenvalue weighted by molar-refractivity contribution is 8.15. The molecule has 0 radical (unpaired) electrons. The van der Waals surface area contributed by atoms with Crippen molar-refractivity contribution in [1.29, 1.82) is 0 Å². The molecule has 1 fully saturated rings. The molecule has 0 bridgehead atoms. The number of carbonyl (C=O) groups excluding carboxylic acids is 2. The number of nitrogens with zero attached hydrogens (tertiary/aromatic N) is 2. The van der Waals surface area contributed by atoms with Gasteiger partial charge in [0, 0.05) is 0 Å². The molecule has 0 unspecified atom stereocenters. The fraction of sp³-hybridized carbons (Fsp3) is 0.500. The van der Waals surface area contributed by atoms with Crippen molar-refractivity contribution in [3.05, 3.63) is 35.0 Å². The van der Waals surface area contributed by atoms with Gasteiger partial charge in [-0.15, -0.1) is 0 Å². The first-order chi connectivity index (χ1) is 14.3. The molecule has 2 aliphatic rings. The number of amides is 1. The molecule has 1 saturated heterocycles. The van der Waals surface area contributed by atoms with Crippen LogP contribution in [-0.4, -0.2) is 48.0 Å². The standard InChI is InChI=1S/C22H28N2O5S/c1-7-17-20(25)24-19(14-8-9-15(27-5)16(10-14)28-6)18(13(4)23-22(24)30-17)21(26)29-11-12(2)3/h8-10,12,17,19H,7,11H2,1-6H3/t17-,19+/m1/s1. The van der Waals surface area contributed by atoms with E-state index in [0.29, 0.717) is 41.0 Å². The lowest BCUT2D eigenvalue weighted by atomic mass is 9.93. The van der Waals surface area contributed by atoms with Gasteiger partial charge in [0.05, 0.1) is 43.4 Å². The van der Waals surface area contributed by atoms with Gasteiger partial charge in [-0.25, -0.2) is 9.79 Å². The monoisotopic (exact) mass is 432 g/mol. The number of hydrogen-bond acceptors (Lipinski definition) is 7. The van der Waals surface area contributed by atoms with Gasteiger partial charge in [0.2, 0.25) is 5.91 Å². The van der Waals surface area contributed by atoms with Crippen LogP contribution in [0.5, 0.6) is 11.5 Å². The van der Waals surface area contributed by atoms with Gasteiger partial charge in [-0.05, 0) is 37.0 Å². The van der Waals surface area contributed by atoms with E-state index in [-0.39, 0.29) is 17.1 Å². The van der Waals surface area contributed by atoms with Gasteiger partial charge in [-0.3, -0.25) is 9.69 Å². The van der Waals surface area contributed by atoms with Crippen LogP contribution in [-0.2, 0) is 14.3 Å². The van der Waals surface area contributed by atoms with E-state index in [2.05, 4.69) is 4.99 Å². The predicted molar refractivity (Wildman–Crippen MR) is 117 cm³/mol. The lowest BCUT2D eigenvalue weighted by Gasteiger charge is -2.33. The van der Waals surface area contributed by atoms with Gasteiger partial charge in [0.25, 0.3) is 0 Å². The van der Waals surface area contributed by atoms with Crippen LogP contribution in [0.15, 0.2) is 34.5 Å². The largest absolute Gasteiger partial charge is 0.493 e. The number of benzene rings is 1. The number of thioether (sulfide) groups is 1. The summed E-state index contributed by atoms with van der Waals surface area (Å²) < 4.78 is 16.3. The minimum absolute atomic E-state index is 0.0531. The van der Waals surface area contributed by atoms with E-state index in [9.17, 15) is 9.59 Å². The Morgan fingerprint density at radius 3 is 2.53 bits per heavy atom. The van der Waals surface area contributed by atoms with Gasteiger partial charge in [0.15, 0.2) is 16.7 Å². The molecule has 2 heterocycles. The third kappa shape index (κ3) is 4.05. The number of allylic oxidation sites excluding steroid dienone is 1. The molecule has 30 heavy (non-hydrogen) atoms. The number of fused-ring (bicyclic) bond motifs is 1. The van der Waals surface area contributed by atoms with E-state index < -0.39 is 12.0 Å². The average molecular weight is 433 g/mol. The minimum Gasteiger partial charge on any atom is -0.493 e. The summed E-state index contributed by atoms with van der Waals surface area (Å²) in [7, 11) is 3.12.